The minimum Gasteiger partial charge on any atom is -0.349 e. The summed E-state index contributed by atoms with van der Waals surface area (Å²) >= 11 is 0. The summed E-state index contributed by atoms with van der Waals surface area (Å²) in [4.78, 5) is 34.6. The molecule has 2 amide bonds. The third kappa shape index (κ3) is 7.40. The number of carbonyl (C=O) groups is 2. The number of rotatable bonds is 10. The molecule has 5 rings (SSSR count). The maximum absolute atomic E-state index is 14.0. The van der Waals surface area contributed by atoms with E-state index in [0.29, 0.717) is 23.3 Å². The molecule has 8 nitrogen and oxygen atoms in total. The standard InChI is InChI=1S/C29H33F5N6O2/c1-2-20-4-3-5-21(36-20)27(42)39-26(18-8-11-28(30,31)12-9-18)22-16-40-23(37-22)14-19(15-35-40)25(17-6-7-17)38-24(41)10-13-29(32,33)34/h3-5,14-18,25-26H,2,6-13H2,1H3,(H,38,41)(H,39,42)/t25-,26+/m1/s1. The van der Waals surface area contributed by atoms with Gasteiger partial charge in [0.05, 0.1) is 36.6 Å². The molecule has 13 heteroatoms. The molecule has 2 aliphatic carbocycles. The number of halogens is 5. The molecular formula is C29H33F5N6O2. The van der Waals surface area contributed by atoms with Crippen LogP contribution < -0.4 is 10.6 Å². The summed E-state index contributed by atoms with van der Waals surface area (Å²) in [5.74, 6) is -4.08. The van der Waals surface area contributed by atoms with Gasteiger partial charge in [-0.05, 0) is 67.7 Å². The van der Waals surface area contributed by atoms with E-state index in [9.17, 15) is 31.5 Å². The number of nitrogens with zero attached hydrogens (tertiary/aromatic N) is 4. The van der Waals surface area contributed by atoms with Gasteiger partial charge in [0, 0.05) is 25.0 Å². The van der Waals surface area contributed by atoms with Crippen LogP contribution >= 0.6 is 0 Å². The second kappa shape index (κ2) is 11.9. The van der Waals surface area contributed by atoms with Crippen molar-refractivity contribution >= 4 is 17.5 Å². The van der Waals surface area contributed by atoms with E-state index in [-0.39, 0.29) is 43.2 Å². The van der Waals surface area contributed by atoms with Gasteiger partial charge in [0.1, 0.15) is 5.69 Å². The van der Waals surface area contributed by atoms with Gasteiger partial charge < -0.3 is 10.6 Å². The predicted molar refractivity (Wildman–Crippen MR) is 143 cm³/mol. The van der Waals surface area contributed by atoms with Crippen molar-refractivity contribution in [2.24, 2.45) is 11.8 Å². The van der Waals surface area contributed by atoms with Crippen molar-refractivity contribution < 1.29 is 31.5 Å². The van der Waals surface area contributed by atoms with E-state index in [2.05, 4.69) is 20.7 Å². The molecule has 2 aliphatic rings. The van der Waals surface area contributed by atoms with Crippen LogP contribution in [0.25, 0.3) is 5.65 Å². The van der Waals surface area contributed by atoms with Gasteiger partial charge in [-0.3, -0.25) is 9.59 Å². The number of hydrogen-bond acceptors (Lipinski definition) is 5. The van der Waals surface area contributed by atoms with E-state index in [1.54, 1.807) is 30.6 Å². The Hall–Kier alpha value is -3.64. The molecule has 0 saturated heterocycles. The Labute approximate surface area is 239 Å². The van der Waals surface area contributed by atoms with Gasteiger partial charge in [0.25, 0.3) is 5.91 Å². The first-order valence-corrected chi connectivity index (χ1v) is 14.3. The van der Waals surface area contributed by atoms with Crippen molar-refractivity contribution in [1.29, 1.82) is 0 Å². The molecule has 0 aromatic carbocycles. The number of fused-ring (bicyclic) bond motifs is 1. The molecule has 3 heterocycles. The second-order valence-electron chi connectivity index (χ2n) is 11.3. The third-order valence-corrected chi connectivity index (χ3v) is 8.00. The van der Waals surface area contributed by atoms with Gasteiger partial charge in [0.2, 0.25) is 11.8 Å². The number of amides is 2. The van der Waals surface area contributed by atoms with E-state index < -0.39 is 48.8 Å². The number of nitrogens with one attached hydrogen (secondary N) is 2. The zero-order chi connectivity index (χ0) is 30.1. The Morgan fingerprint density at radius 2 is 1.76 bits per heavy atom. The number of aromatic nitrogens is 4. The molecule has 2 N–H and O–H groups in total. The lowest BCUT2D eigenvalue weighted by Gasteiger charge is -2.33. The number of alkyl halides is 5. The summed E-state index contributed by atoms with van der Waals surface area (Å²) in [5, 5.41) is 10.1. The lowest BCUT2D eigenvalue weighted by Crippen LogP contribution is -2.37. The number of pyridine rings is 1. The Morgan fingerprint density at radius 1 is 1.05 bits per heavy atom. The van der Waals surface area contributed by atoms with E-state index in [4.69, 9.17) is 4.98 Å². The lowest BCUT2D eigenvalue weighted by atomic mass is 9.81. The van der Waals surface area contributed by atoms with Crippen LogP contribution in [-0.4, -0.2) is 43.5 Å². The summed E-state index contributed by atoms with van der Waals surface area (Å²) in [7, 11) is 0. The van der Waals surface area contributed by atoms with Crippen LogP contribution in [0.2, 0.25) is 0 Å². The largest absolute Gasteiger partial charge is 0.389 e. The number of carbonyl (C=O) groups excluding carboxylic acids is 2. The first-order valence-electron chi connectivity index (χ1n) is 14.3. The van der Waals surface area contributed by atoms with Crippen LogP contribution in [0.3, 0.4) is 0 Å². The fraction of sp³-hybridized carbons (Fsp3) is 0.552. The monoisotopic (exact) mass is 592 g/mol. The van der Waals surface area contributed by atoms with Crippen LogP contribution in [-0.2, 0) is 11.2 Å². The van der Waals surface area contributed by atoms with E-state index in [1.165, 1.54) is 4.52 Å². The normalized spacial score (nSPS) is 18.9. The summed E-state index contributed by atoms with van der Waals surface area (Å²) in [6, 6.07) is 5.69. The van der Waals surface area contributed by atoms with E-state index in [1.807, 2.05) is 13.0 Å². The summed E-state index contributed by atoms with van der Waals surface area (Å²) in [5.41, 5.74) is 2.44. The molecule has 2 saturated carbocycles. The number of aryl methyl sites for hydroxylation is 1. The van der Waals surface area contributed by atoms with Crippen LogP contribution in [0.1, 0.15) is 97.8 Å². The Kier molecular flexibility index (Phi) is 8.47. The molecular weight excluding hydrogens is 559 g/mol. The first-order chi connectivity index (χ1) is 19.9. The van der Waals surface area contributed by atoms with E-state index >= 15 is 0 Å². The Bertz CT molecular complexity index is 1430. The highest BCUT2D eigenvalue weighted by molar-refractivity contribution is 5.92. The first kappa shape index (κ1) is 29.8. The van der Waals surface area contributed by atoms with Crippen LogP contribution in [0.4, 0.5) is 22.0 Å². The third-order valence-electron chi connectivity index (χ3n) is 8.00. The molecule has 2 fully saturated rings. The van der Waals surface area contributed by atoms with Gasteiger partial charge in [0.15, 0.2) is 5.65 Å². The van der Waals surface area contributed by atoms with Crippen LogP contribution in [0.5, 0.6) is 0 Å². The molecule has 0 spiro atoms. The molecule has 0 bridgehead atoms. The van der Waals surface area contributed by atoms with Crippen molar-refractivity contribution in [2.45, 2.75) is 88.9 Å². The van der Waals surface area contributed by atoms with Crippen LogP contribution in [0, 0.1) is 11.8 Å². The minimum atomic E-state index is -4.42. The molecule has 0 unspecified atom stereocenters. The van der Waals surface area contributed by atoms with Crippen molar-refractivity contribution in [3.05, 3.63) is 59.3 Å². The smallest absolute Gasteiger partial charge is 0.349 e. The van der Waals surface area contributed by atoms with Crippen molar-refractivity contribution in [1.82, 2.24) is 30.2 Å². The van der Waals surface area contributed by atoms with E-state index in [0.717, 1.165) is 18.5 Å². The van der Waals surface area contributed by atoms with Crippen molar-refractivity contribution in [3.8, 4) is 0 Å². The number of hydrogen-bond donors (Lipinski definition) is 2. The number of imidazole rings is 1. The van der Waals surface area contributed by atoms with Gasteiger partial charge in [-0.2, -0.15) is 18.3 Å². The molecule has 3 aromatic heterocycles. The van der Waals surface area contributed by atoms with Crippen LogP contribution in [0.15, 0.2) is 36.7 Å². The maximum atomic E-state index is 14.0. The lowest BCUT2D eigenvalue weighted by molar-refractivity contribution is -0.144. The molecule has 3 aromatic rings. The SMILES string of the molecule is CCc1cccc(C(=O)N[C@H](c2cn3ncc([C@H](NC(=O)CCC(F)(F)F)C4CC4)cc3n2)C2CCC(F)(F)CC2)n1. The summed E-state index contributed by atoms with van der Waals surface area (Å²) in [6.45, 7) is 1.93. The summed E-state index contributed by atoms with van der Waals surface area (Å²) < 4.78 is 67.3. The highest BCUT2D eigenvalue weighted by Gasteiger charge is 2.40. The molecule has 0 radical (unpaired) electrons. The zero-order valence-electron chi connectivity index (χ0n) is 23.1. The quantitative estimate of drug-likeness (QED) is 0.286. The van der Waals surface area contributed by atoms with Gasteiger partial charge in [-0.25, -0.2) is 23.3 Å². The van der Waals surface area contributed by atoms with Crippen molar-refractivity contribution in [2.75, 3.05) is 0 Å². The average molecular weight is 593 g/mol. The Balaban J connectivity index is 1.40. The fourth-order valence-electron chi connectivity index (χ4n) is 5.48. The minimum absolute atomic E-state index is 0.0841. The highest BCUT2D eigenvalue weighted by atomic mass is 19.4. The predicted octanol–water partition coefficient (Wildman–Crippen LogP) is 5.89. The average Bonchev–Trinajstić information content (AvgIpc) is 3.71. The highest BCUT2D eigenvalue weighted by Crippen LogP contribution is 2.43. The second-order valence-corrected chi connectivity index (χ2v) is 11.3. The fourth-order valence-corrected chi connectivity index (χ4v) is 5.48. The van der Waals surface area contributed by atoms with Crippen molar-refractivity contribution in [3.63, 3.8) is 0 Å². The maximum Gasteiger partial charge on any atom is 0.389 e. The molecule has 226 valence electrons. The van der Waals surface area contributed by atoms with Gasteiger partial charge in [-0.1, -0.05) is 13.0 Å². The molecule has 42 heavy (non-hydrogen) atoms. The Morgan fingerprint density at radius 3 is 2.43 bits per heavy atom. The van der Waals surface area contributed by atoms with Gasteiger partial charge in [-0.15, -0.1) is 0 Å². The zero-order valence-corrected chi connectivity index (χ0v) is 23.1. The molecule has 2 atom stereocenters. The topological polar surface area (TPSA) is 101 Å². The summed E-state index contributed by atoms with van der Waals surface area (Å²) in [6.07, 6.45) is -1.00. The van der Waals surface area contributed by atoms with Gasteiger partial charge >= 0.3 is 6.18 Å². The molecule has 0 aliphatic heterocycles.